The van der Waals surface area contributed by atoms with Crippen LogP contribution in [0.25, 0.3) is 0 Å². The van der Waals surface area contributed by atoms with Gasteiger partial charge in [0.15, 0.2) is 0 Å². The average molecular weight is 370 g/mol. The van der Waals surface area contributed by atoms with Crippen LogP contribution in [-0.2, 0) is 24.8 Å². The predicted molar refractivity (Wildman–Crippen MR) is 108 cm³/mol. The molecule has 0 saturated carbocycles. The summed E-state index contributed by atoms with van der Waals surface area (Å²) in [6.07, 6.45) is 8.22. The number of aromatic nitrogens is 3. The topological polar surface area (TPSA) is 63.1 Å². The predicted octanol–water partition coefficient (Wildman–Crippen LogP) is 3.06. The third kappa shape index (κ3) is 5.08. The molecule has 1 aliphatic rings. The lowest BCUT2D eigenvalue weighted by atomic mass is 10.1. The Hall–Kier alpha value is -2.37. The minimum atomic E-state index is 0.0641. The summed E-state index contributed by atoms with van der Waals surface area (Å²) in [5, 5.41) is 7.41. The molecule has 0 bridgehead atoms. The molecule has 1 aliphatic heterocycles. The van der Waals surface area contributed by atoms with Crippen LogP contribution in [0.3, 0.4) is 0 Å². The van der Waals surface area contributed by atoms with Gasteiger partial charge in [0.2, 0.25) is 5.91 Å². The Morgan fingerprint density at radius 2 is 1.89 bits per heavy atom. The lowest BCUT2D eigenvalue weighted by Crippen LogP contribution is -2.25. The molecule has 0 atom stereocenters. The molecule has 0 aromatic carbocycles. The Kier molecular flexibility index (Phi) is 6.48. The number of aryl methyl sites for hydroxylation is 2. The molecule has 3 rings (SSSR count). The van der Waals surface area contributed by atoms with Crippen LogP contribution in [0, 0.1) is 13.8 Å². The third-order valence-corrected chi connectivity index (χ3v) is 5.49. The van der Waals surface area contributed by atoms with Crippen LogP contribution < -0.4 is 10.2 Å². The first-order valence-electron chi connectivity index (χ1n) is 10.00. The second kappa shape index (κ2) is 9.02. The lowest BCUT2D eigenvalue weighted by molar-refractivity contribution is -0.121. The summed E-state index contributed by atoms with van der Waals surface area (Å²) in [4.78, 5) is 19.2. The number of nitrogens with zero attached hydrogens (tertiary/aromatic N) is 4. The van der Waals surface area contributed by atoms with Crippen molar-refractivity contribution in [1.82, 2.24) is 20.1 Å². The van der Waals surface area contributed by atoms with Crippen molar-refractivity contribution < 1.29 is 4.79 Å². The van der Waals surface area contributed by atoms with Crippen LogP contribution in [0.5, 0.6) is 0 Å². The monoisotopic (exact) mass is 369 g/mol. The number of nitrogens with one attached hydrogen (secondary N) is 1. The molecule has 0 spiro atoms. The van der Waals surface area contributed by atoms with Gasteiger partial charge in [0.05, 0.1) is 5.69 Å². The minimum Gasteiger partial charge on any atom is -0.357 e. The molecule has 0 aliphatic carbocycles. The van der Waals surface area contributed by atoms with Gasteiger partial charge in [-0.2, -0.15) is 5.10 Å². The van der Waals surface area contributed by atoms with E-state index in [1.54, 1.807) is 0 Å². The molecule has 0 unspecified atom stereocenters. The van der Waals surface area contributed by atoms with Crippen LogP contribution in [0.2, 0.25) is 0 Å². The van der Waals surface area contributed by atoms with E-state index >= 15 is 0 Å². The van der Waals surface area contributed by atoms with Gasteiger partial charge in [0.1, 0.15) is 5.82 Å². The number of pyridine rings is 1. The molecule has 0 radical (unpaired) electrons. The molecule has 146 valence electrons. The lowest BCUT2D eigenvalue weighted by Gasteiger charge is -2.21. The van der Waals surface area contributed by atoms with Crippen molar-refractivity contribution >= 4 is 11.7 Å². The summed E-state index contributed by atoms with van der Waals surface area (Å²) in [5.74, 6) is 1.11. The first kappa shape index (κ1) is 19.4. The van der Waals surface area contributed by atoms with Gasteiger partial charge in [0.25, 0.3) is 0 Å². The van der Waals surface area contributed by atoms with Gasteiger partial charge in [-0.05, 0) is 50.3 Å². The average Bonchev–Trinajstić information content (AvgIpc) is 2.87. The van der Waals surface area contributed by atoms with Crippen molar-refractivity contribution in [3.05, 3.63) is 40.8 Å². The highest BCUT2D eigenvalue weighted by atomic mass is 16.1. The van der Waals surface area contributed by atoms with Gasteiger partial charge in [0, 0.05) is 45.0 Å². The molecule has 1 fully saturated rings. The summed E-state index contributed by atoms with van der Waals surface area (Å²) < 4.78 is 1.88. The molecule has 1 N–H and O–H groups in total. The summed E-state index contributed by atoms with van der Waals surface area (Å²) in [6.45, 7) is 6.76. The van der Waals surface area contributed by atoms with Crippen LogP contribution in [0.4, 0.5) is 5.82 Å². The van der Waals surface area contributed by atoms with E-state index in [1.165, 1.54) is 31.2 Å². The van der Waals surface area contributed by atoms with Crippen molar-refractivity contribution in [3.63, 3.8) is 0 Å². The number of anilines is 1. The third-order valence-electron chi connectivity index (χ3n) is 5.49. The zero-order valence-electron chi connectivity index (χ0n) is 16.8. The van der Waals surface area contributed by atoms with Crippen molar-refractivity contribution in [2.75, 3.05) is 18.0 Å². The second-order valence-electron chi connectivity index (χ2n) is 7.48. The fourth-order valence-electron chi connectivity index (χ4n) is 3.71. The van der Waals surface area contributed by atoms with E-state index in [-0.39, 0.29) is 5.91 Å². The molecule has 2 aromatic rings. The van der Waals surface area contributed by atoms with Crippen molar-refractivity contribution in [2.24, 2.45) is 7.05 Å². The summed E-state index contributed by atoms with van der Waals surface area (Å²) in [6, 6.07) is 4.15. The van der Waals surface area contributed by atoms with Crippen LogP contribution in [0.15, 0.2) is 18.3 Å². The van der Waals surface area contributed by atoms with Gasteiger partial charge in [-0.1, -0.05) is 18.9 Å². The molecule has 1 saturated heterocycles. The first-order valence-corrected chi connectivity index (χ1v) is 10.00. The SMILES string of the molecule is Cc1nn(C)c(C)c1CCC(=O)NCc1ccc(N2CCCCCC2)nc1. The fourth-order valence-corrected chi connectivity index (χ4v) is 3.71. The van der Waals surface area contributed by atoms with Gasteiger partial charge < -0.3 is 10.2 Å². The van der Waals surface area contributed by atoms with E-state index in [9.17, 15) is 4.79 Å². The number of carbonyl (C=O) groups is 1. The molecule has 2 aromatic heterocycles. The maximum atomic E-state index is 12.2. The smallest absolute Gasteiger partial charge is 0.220 e. The van der Waals surface area contributed by atoms with Crippen LogP contribution in [0.1, 0.15) is 54.6 Å². The highest BCUT2D eigenvalue weighted by molar-refractivity contribution is 5.76. The molecule has 3 heterocycles. The Morgan fingerprint density at radius 1 is 1.15 bits per heavy atom. The van der Waals surface area contributed by atoms with E-state index in [4.69, 9.17) is 0 Å². The number of rotatable bonds is 6. The Morgan fingerprint density at radius 3 is 2.48 bits per heavy atom. The fraction of sp³-hybridized carbons (Fsp3) is 0.571. The molecule has 27 heavy (non-hydrogen) atoms. The summed E-state index contributed by atoms with van der Waals surface area (Å²) >= 11 is 0. The first-order chi connectivity index (χ1) is 13.0. The van der Waals surface area contributed by atoms with Crippen molar-refractivity contribution in [3.8, 4) is 0 Å². The minimum absolute atomic E-state index is 0.0641. The van der Waals surface area contributed by atoms with Gasteiger partial charge in [-0.15, -0.1) is 0 Å². The maximum absolute atomic E-state index is 12.2. The van der Waals surface area contributed by atoms with Gasteiger partial charge in [-0.3, -0.25) is 9.48 Å². The van der Waals surface area contributed by atoms with E-state index in [0.29, 0.717) is 13.0 Å². The zero-order chi connectivity index (χ0) is 19.2. The zero-order valence-corrected chi connectivity index (χ0v) is 16.8. The molecule has 6 nitrogen and oxygen atoms in total. The normalized spacial score (nSPS) is 14.9. The van der Waals surface area contributed by atoms with Crippen molar-refractivity contribution in [2.45, 2.75) is 58.9 Å². The number of hydrogen-bond acceptors (Lipinski definition) is 4. The van der Waals surface area contributed by atoms with E-state index in [2.05, 4.69) is 32.4 Å². The Balaban J connectivity index is 1.47. The Labute approximate surface area is 162 Å². The van der Waals surface area contributed by atoms with E-state index in [1.807, 2.05) is 31.8 Å². The summed E-state index contributed by atoms with van der Waals surface area (Å²) in [7, 11) is 1.94. The number of hydrogen-bond donors (Lipinski definition) is 1. The molecular weight excluding hydrogens is 338 g/mol. The van der Waals surface area contributed by atoms with E-state index < -0.39 is 0 Å². The van der Waals surface area contributed by atoms with Gasteiger partial charge in [-0.25, -0.2) is 4.98 Å². The van der Waals surface area contributed by atoms with Crippen LogP contribution in [-0.4, -0.2) is 33.8 Å². The van der Waals surface area contributed by atoms with E-state index in [0.717, 1.165) is 42.3 Å². The maximum Gasteiger partial charge on any atom is 0.220 e. The highest BCUT2D eigenvalue weighted by Crippen LogP contribution is 2.17. The highest BCUT2D eigenvalue weighted by Gasteiger charge is 2.12. The number of carbonyl (C=O) groups excluding carboxylic acids is 1. The van der Waals surface area contributed by atoms with Crippen LogP contribution >= 0.6 is 0 Å². The molecule has 1 amide bonds. The van der Waals surface area contributed by atoms with Gasteiger partial charge >= 0.3 is 0 Å². The second-order valence-corrected chi connectivity index (χ2v) is 7.48. The summed E-state index contributed by atoms with van der Waals surface area (Å²) in [5.41, 5.74) is 4.36. The largest absolute Gasteiger partial charge is 0.357 e. The molecular formula is C21H31N5O. The number of amides is 1. The standard InChI is InChI=1S/C21H31N5O/c1-16-19(17(2)25(3)24-16)9-11-21(27)23-15-18-8-10-20(22-14-18)26-12-6-4-5-7-13-26/h8,10,14H,4-7,9,11-13,15H2,1-3H3,(H,23,27). The van der Waals surface area contributed by atoms with Crippen molar-refractivity contribution in [1.29, 1.82) is 0 Å². The Bertz CT molecular complexity index is 758. The quantitative estimate of drug-likeness (QED) is 0.850. The molecule has 6 heteroatoms.